The number of halogens is 1. The summed E-state index contributed by atoms with van der Waals surface area (Å²) in [6, 6.07) is 1.66. The minimum absolute atomic E-state index is 0.0235. The number of anilines is 1. The Morgan fingerprint density at radius 2 is 2.18 bits per heavy atom. The fourth-order valence-electron chi connectivity index (χ4n) is 1.36. The fourth-order valence-corrected chi connectivity index (χ4v) is 1.53. The molecule has 0 radical (unpaired) electrons. The van der Waals surface area contributed by atoms with Crippen molar-refractivity contribution in [3.63, 3.8) is 0 Å². The second-order valence-electron chi connectivity index (χ2n) is 3.43. The summed E-state index contributed by atoms with van der Waals surface area (Å²) in [6.07, 6.45) is 3.00. The summed E-state index contributed by atoms with van der Waals surface area (Å²) in [6.45, 7) is 0.802. The van der Waals surface area contributed by atoms with Crippen LogP contribution in [0.2, 0.25) is 5.02 Å². The minimum Gasteiger partial charge on any atom is -0.382 e. The first-order valence-electron chi connectivity index (χ1n) is 4.84. The molecule has 0 aliphatic carbocycles. The van der Waals surface area contributed by atoms with E-state index in [4.69, 9.17) is 17.3 Å². The maximum atomic E-state index is 11.4. The first-order chi connectivity index (χ1) is 8.06. The lowest BCUT2D eigenvalue weighted by atomic mass is 10.5. The van der Waals surface area contributed by atoms with E-state index in [0.717, 1.165) is 0 Å². The first kappa shape index (κ1) is 11.5. The van der Waals surface area contributed by atoms with Crippen LogP contribution in [-0.2, 0) is 13.1 Å². The van der Waals surface area contributed by atoms with Crippen molar-refractivity contribution in [2.45, 2.75) is 13.1 Å². The van der Waals surface area contributed by atoms with Crippen molar-refractivity contribution in [1.82, 2.24) is 19.3 Å². The minimum atomic E-state index is -0.587. The Labute approximate surface area is 100 Å². The monoisotopic (exact) mass is 255 g/mol. The summed E-state index contributed by atoms with van der Waals surface area (Å²) in [5.74, 6) is 0.414. The van der Waals surface area contributed by atoms with Crippen molar-refractivity contribution in [2.24, 2.45) is 0 Å². The third kappa shape index (κ3) is 2.56. The number of aryl methyl sites for hydroxylation is 2. The van der Waals surface area contributed by atoms with E-state index >= 15 is 0 Å². The highest BCUT2D eigenvalue weighted by Crippen LogP contribution is 1.98. The largest absolute Gasteiger partial charge is 0.382 e. The van der Waals surface area contributed by atoms with Gasteiger partial charge in [-0.1, -0.05) is 11.6 Å². The lowest BCUT2D eigenvalue weighted by molar-refractivity contribution is 0.517. The molecule has 0 aliphatic rings. The zero-order chi connectivity index (χ0) is 12.4. The molecule has 0 amide bonds. The van der Waals surface area contributed by atoms with E-state index < -0.39 is 11.2 Å². The summed E-state index contributed by atoms with van der Waals surface area (Å²) in [5, 5.41) is 3.95. The first-order valence-corrected chi connectivity index (χ1v) is 5.22. The number of aromatic nitrogens is 4. The SMILES string of the molecule is Nc1ccn(CCn2cc(Cl)c(=O)[nH]c2=O)n1. The number of rotatable bonds is 3. The van der Waals surface area contributed by atoms with E-state index in [1.807, 2.05) is 0 Å². The van der Waals surface area contributed by atoms with Gasteiger partial charge in [0.05, 0.1) is 6.54 Å². The van der Waals surface area contributed by atoms with E-state index in [1.54, 1.807) is 16.9 Å². The van der Waals surface area contributed by atoms with Gasteiger partial charge in [0.1, 0.15) is 10.8 Å². The van der Waals surface area contributed by atoms with Gasteiger partial charge < -0.3 is 5.73 Å². The summed E-state index contributed by atoms with van der Waals surface area (Å²) < 4.78 is 2.91. The number of nitrogen functional groups attached to an aromatic ring is 1. The molecule has 0 aliphatic heterocycles. The average molecular weight is 256 g/mol. The van der Waals surface area contributed by atoms with Gasteiger partial charge in [0, 0.05) is 18.9 Å². The number of H-pyrrole nitrogens is 1. The van der Waals surface area contributed by atoms with E-state index in [2.05, 4.69) is 10.1 Å². The van der Waals surface area contributed by atoms with Crippen LogP contribution in [0.4, 0.5) is 5.82 Å². The molecule has 2 aromatic heterocycles. The highest BCUT2D eigenvalue weighted by molar-refractivity contribution is 6.30. The Kier molecular flexibility index (Phi) is 3.01. The second-order valence-corrected chi connectivity index (χ2v) is 3.84. The number of nitrogens with two attached hydrogens (primary N) is 1. The molecule has 0 atom stereocenters. The van der Waals surface area contributed by atoms with Crippen molar-refractivity contribution in [3.05, 3.63) is 44.3 Å². The van der Waals surface area contributed by atoms with Gasteiger partial charge in [0.2, 0.25) is 0 Å². The molecular weight excluding hydrogens is 246 g/mol. The number of hydrogen-bond donors (Lipinski definition) is 2. The third-order valence-electron chi connectivity index (χ3n) is 2.20. The highest BCUT2D eigenvalue weighted by atomic mass is 35.5. The number of aromatic amines is 1. The van der Waals surface area contributed by atoms with Crippen LogP contribution < -0.4 is 17.0 Å². The van der Waals surface area contributed by atoms with Crippen molar-refractivity contribution >= 4 is 17.4 Å². The normalized spacial score (nSPS) is 10.6. The Morgan fingerprint density at radius 3 is 2.82 bits per heavy atom. The molecule has 0 aromatic carbocycles. The summed E-state index contributed by atoms with van der Waals surface area (Å²) in [5.41, 5.74) is 4.37. The summed E-state index contributed by atoms with van der Waals surface area (Å²) in [7, 11) is 0. The number of nitrogens with one attached hydrogen (secondary N) is 1. The quantitative estimate of drug-likeness (QED) is 0.784. The van der Waals surface area contributed by atoms with E-state index in [9.17, 15) is 9.59 Å². The van der Waals surface area contributed by atoms with Crippen LogP contribution in [0.5, 0.6) is 0 Å². The molecule has 0 saturated heterocycles. The summed E-state index contributed by atoms with van der Waals surface area (Å²) in [4.78, 5) is 24.6. The summed E-state index contributed by atoms with van der Waals surface area (Å²) >= 11 is 5.63. The van der Waals surface area contributed by atoms with Gasteiger partial charge in [-0.2, -0.15) is 5.10 Å². The predicted molar refractivity (Wildman–Crippen MR) is 63.0 cm³/mol. The molecule has 2 aromatic rings. The molecule has 0 saturated carbocycles. The van der Waals surface area contributed by atoms with Crippen LogP contribution in [-0.4, -0.2) is 19.3 Å². The van der Waals surface area contributed by atoms with Gasteiger partial charge in [-0.15, -0.1) is 0 Å². The molecule has 8 heteroatoms. The number of hydrogen-bond acceptors (Lipinski definition) is 4. The lowest BCUT2D eigenvalue weighted by Gasteiger charge is -2.05. The van der Waals surface area contributed by atoms with Crippen molar-refractivity contribution in [3.8, 4) is 0 Å². The molecule has 2 rings (SSSR count). The van der Waals surface area contributed by atoms with Gasteiger partial charge in [-0.25, -0.2) is 4.79 Å². The molecule has 0 unspecified atom stereocenters. The second kappa shape index (κ2) is 4.46. The van der Waals surface area contributed by atoms with Gasteiger partial charge in [-0.3, -0.25) is 19.0 Å². The molecule has 0 bridgehead atoms. The topological polar surface area (TPSA) is 98.7 Å². The zero-order valence-corrected chi connectivity index (χ0v) is 9.52. The van der Waals surface area contributed by atoms with Crippen LogP contribution in [0, 0.1) is 0 Å². The molecular formula is C9H10ClN5O2. The van der Waals surface area contributed by atoms with Crippen molar-refractivity contribution < 1.29 is 0 Å². The molecule has 0 fully saturated rings. The lowest BCUT2D eigenvalue weighted by Crippen LogP contribution is -2.30. The molecule has 2 heterocycles. The molecule has 3 N–H and O–H groups in total. The Bertz CT molecular complexity index is 641. The number of nitrogens with zero attached hydrogens (tertiary/aromatic N) is 3. The predicted octanol–water partition coefficient (Wildman–Crippen LogP) is -0.331. The van der Waals surface area contributed by atoms with E-state index in [1.165, 1.54) is 10.8 Å². The third-order valence-corrected chi connectivity index (χ3v) is 2.47. The standard InChI is InChI=1S/C9H10ClN5O2/c10-6-5-14(9(17)12-8(6)16)3-4-15-2-1-7(11)13-15/h1-2,5H,3-4H2,(H2,11,13)(H,12,16,17). The van der Waals surface area contributed by atoms with Gasteiger partial charge in [0.15, 0.2) is 0 Å². The van der Waals surface area contributed by atoms with Crippen LogP contribution in [0.15, 0.2) is 28.0 Å². The molecule has 0 spiro atoms. The van der Waals surface area contributed by atoms with Crippen molar-refractivity contribution in [1.29, 1.82) is 0 Å². The van der Waals surface area contributed by atoms with Crippen LogP contribution >= 0.6 is 11.6 Å². The zero-order valence-electron chi connectivity index (χ0n) is 8.76. The van der Waals surface area contributed by atoms with E-state index in [0.29, 0.717) is 18.9 Å². The highest BCUT2D eigenvalue weighted by Gasteiger charge is 2.02. The van der Waals surface area contributed by atoms with Crippen molar-refractivity contribution in [2.75, 3.05) is 5.73 Å². The Balaban J connectivity index is 2.17. The average Bonchev–Trinajstić information content (AvgIpc) is 2.68. The molecule has 90 valence electrons. The maximum Gasteiger partial charge on any atom is 0.328 e. The van der Waals surface area contributed by atoms with Gasteiger partial charge in [0.25, 0.3) is 5.56 Å². The smallest absolute Gasteiger partial charge is 0.328 e. The Morgan fingerprint density at radius 1 is 1.41 bits per heavy atom. The van der Waals surface area contributed by atoms with Crippen LogP contribution in [0.25, 0.3) is 0 Å². The molecule has 17 heavy (non-hydrogen) atoms. The van der Waals surface area contributed by atoms with E-state index in [-0.39, 0.29) is 5.02 Å². The maximum absolute atomic E-state index is 11.4. The van der Waals surface area contributed by atoms with Crippen LogP contribution in [0.3, 0.4) is 0 Å². The molecule has 7 nitrogen and oxygen atoms in total. The van der Waals surface area contributed by atoms with Gasteiger partial charge >= 0.3 is 5.69 Å². The van der Waals surface area contributed by atoms with Gasteiger partial charge in [-0.05, 0) is 6.07 Å². The Hall–Kier alpha value is -2.02. The van der Waals surface area contributed by atoms with Crippen LogP contribution in [0.1, 0.15) is 0 Å². The fraction of sp³-hybridized carbons (Fsp3) is 0.222.